The zero-order chi connectivity index (χ0) is 22.3. The number of carbonyl (C=O) groups excluding carboxylic acids is 2. The van der Waals surface area contributed by atoms with E-state index in [9.17, 15) is 9.59 Å². The van der Waals surface area contributed by atoms with Gasteiger partial charge in [-0.25, -0.2) is 0 Å². The van der Waals surface area contributed by atoms with Gasteiger partial charge in [0.25, 0.3) is 5.91 Å². The van der Waals surface area contributed by atoms with Crippen molar-refractivity contribution in [2.45, 2.75) is 40.3 Å². The molecule has 162 valence electrons. The highest BCUT2D eigenvalue weighted by Gasteiger charge is 2.27. The van der Waals surface area contributed by atoms with Crippen LogP contribution in [0, 0.1) is 12.8 Å². The summed E-state index contributed by atoms with van der Waals surface area (Å²) in [7, 11) is 0. The second-order valence-electron chi connectivity index (χ2n) is 7.64. The number of nitrogens with zero attached hydrogens (tertiary/aromatic N) is 1. The Morgan fingerprint density at radius 1 is 1.07 bits per heavy atom. The van der Waals surface area contributed by atoms with Gasteiger partial charge in [-0.05, 0) is 49.6 Å². The molecular weight excluding hydrogens is 423 g/mol. The van der Waals surface area contributed by atoms with Crippen LogP contribution in [0.25, 0.3) is 0 Å². The summed E-state index contributed by atoms with van der Waals surface area (Å²) in [4.78, 5) is 27.2. The van der Waals surface area contributed by atoms with E-state index in [1.807, 2.05) is 39.0 Å². The molecule has 2 rings (SSSR count). The molecule has 0 saturated carbocycles. The largest absolute Gasteiger partial charge is 0.484 e. The lowest BCUT2D eigenvalue weighted by Gasteiger charge is -2.29. The van der Waals surface area contributed by atoms with Crippen molar-refractivity contribution in [3.05, 3.63) is 63.6 Å². The minimum absolute atomic E-state index is 0.102. The predicted octanol–water partition coefficient (Wildman–Crippen LogP) is 4.87. The highest BCUT2D eigenvalue weighted by molar-refractivity contribution is 6.36. The van der Waals surface area contributed by atoms with Gasteiger partial charge in [0.1, 0.15) is 11.8 Å². The molecule has 2 aromatic carbocycles. The Balaban J connectivity index is 2.20. The van der Waals surface area contributed by atoms with Gasteiger partial charge in [0.15, 0.2) is 6.61 Å². The summed E-state index contributed by atoms with van der Waals surface area (Å²) in [6.07, 6.45) is 0. The molecule has 0 spiro atoms. The normalized spacial score (nSPS) is 11.8. The standard InChI is InChI=1S/C23H28Cl2N2O3/c1-15(2)12-26-23(29)17(4)27(13-19-20(24)9-6-10-21(19)25)22(28)14-30-18-8-5-7-16(3)11-18/h5-11,15,17H,12-14H2,1-4H3,(H,26,29)/t17-/m1/s1. The van der Waals surface area contributed by atoms with E-state index in [0.29, 0.717) is 33.8 Å². The summed E-state index contributed by atoms with van der Waals surface area (Å²) in [6, 6.07) is 11.9. The first-order chi connectivity index (χ1) is 14.2. The zero-order valence-corrected chi connectivity index (χ0v) is 19.3. The second kappa shape index (κ2) is 11.2. The van der Waals surface area contributed by atoms with Crippen LogP contribution in [-0.4, -0.2) is 35.9 Å². The molecule has 0 heterocycles. The Hall–Kier alpha value is -2.24. The van der Waals surface area contributed by atoms with Crippen molar-refractivity contribution < 1.29 is 14.3 Å². The number of rotatable bonds is 9. The number of nitrogens with one attached hydrogen (secondary N) is 1. The van der Waals surface area contributed by atoms with E-state index in [0.717, 1.165) is 5.56 Å². The van der Waals surface area contributed by atoms with Crippen molar-refractivity contribution in [2.24, 2.45) is 5.92 Å². The van der Waals surface area contributed by atoms with Crippen molar-refractivity contribution in [1.29, 1.82) is 0 Å². The number of ether oxygens (including phenoxy) is 1. The summed E-state index contributed by atoms with van der Waals surface area (Å²) in [5, 5.41) is 3.75. The van der Waals surface area contributed by atoms with Crippen molar-refractivity contribution in [2.75, 3.05) is 13.2 Å². The monoisotopic (exact) mass is 450 g/mol. The molecule has 0 aliphatic carbocycles. The average molecular weight is 451 g/mol. The van der Waals surface area contributed by atoms with Gasteiger partial charge in [0.05, 0.1) is 0 Å². The van der Waals surface area contributed by atoms with Crippen LogP contribution in [0.1, 0.15) is 31.9 Å². The van der Waals surface area contributed by atoms with Crippen molar-refractivity contribution in [3.8, 4) is 5.75 Å². The minimum atomic E-state index is -0.718. The van der Waals surface area contributed by atoms with Crippen molar-refractivity contribution >= 4 is 35.0 Å². The molecule has 7 heteroatoms. The molecule has 5 nitrogen and oxygen atoms in total. The van der Waals surface area contributed by atoms with E-state index < -0.39 is 6.04 Å². The van der Waals surface area contributed by atoms with Gasteiger partial charge in [-0.3, -0.25) is 9.59 Å². The topological polar surface area (TPSA) is 58.6 Å². The summed E-state index contributed by atoms with van der Waals surface area (Å²) in [5.74, 6) is 0.319. The fraction of sp³-hybridized carbons (Fsp3) is 0.391. The van der Waals surface area contributed by atoms with Crippen LogP contribution < -0.4 is 10.1 Å². The second-order valence-corrected chi connectivity index (χ2v) is 8.46. The highest BCUT2D eigenvalue weighted by Crippen LogP contribution is 2.26. The molecule has 0 aromatic heterocycles. The molecule has 1 atom stereocenters. The van der Waals surface area contributed by atoms with Crippen LogP contribution in [0.15, 0.2) is 42.5 Å². The number of amides is 2. The van der Waals surface area contributed by atoms with Gasteiger partial charge in [-0.1, -0.05) is 55.2 Å². The van der Waals surface area contributed by atoms with E-state index in [4.69, 9.17) is 27.9 Å². The molecule has 30 heavy (non-hydrogen) atoms. The van der Waals surface area contributed by atoms with Gasteiger partial charge in [-0.15, -0.1) is 0 Å². The molecule has 0 saturated heterocycles. The van der Waals surface area contributed by atoms with Gasteiger partial charge in [-0.2, -0.15) is 0 Å². The summed E-state index contributed by atoms with van der Waals surface area (Å²) < 4.78 is 5.67. The van der Waals surface area contributed by atoms with Crippen LogP contribution in [0.3, 0.4) is 0 Å². The number of benzene rings is 2. The molecule has 0 unspecified atom stereocenters. The van der Waals surface area contributed by atoms with Gasteiger partial charge in [0, 0.05) is 28.7 Å². The van der Waals surface area contributed by atoms with Crippen LogP contribution in [0.4, 0.5) is 0 Å². The Morgan fingerprint density at radius 2 is 1.70 bits per heavy atom. The van der Waals surface area contributed by atoms with E-state index >= 15 is 0 Å². The molecule has 0 fully saturated rings. The lowest BCUT2D eigenvalue weighted by atomic mass is 10.1. The molecule has 2 aromatic rings. The van der Waals surface area contributed by atoms with E-state index in [-0.39, 0.29) is 25.0 Å². The van der Waals surface area contributed by atoms with Gasteiger partial charge < -0.3 is 15.0 Å². The SMILES string of the molecule is Cc1cccc(OCC(=O)N(Cc2c(Cl)cccc2Cl)[C@H](C)C(=O)NCC(C)C)c1. The third-order valence-corrected chi connectivity index (χ3v) is 5.30. The molecule has 0 aliphatic heterocycles. The first-order valence-corrected chi connectivity index (χ1v) is 10.6. The molecule has 0 radical (unpaired) electrons. The van der Waals surface area contributed by atoms with Crippen molar-refractivity contribution in [1.82, 2.24) is 10.2 Å². The third kappa shape index (κ3) is 6.92. The zero-order valence-electron chi connectivity index (χ0n) is 17.7. The molecule has 1 N–H and O–H groups in total. The fourth-order valence-electron chi connectivity index (χ4n) is 2.82. The summed E-state index contributed by atoms with van der Waals surface area (Å²) >= 11 is 12.6. The van der Waals surface area contributed by atoms with Crippen LogP contribution in [0.2, 0.25) is 10.0 Å². The molecule has 0 aliphatic rings. The van der Waals surface area contributed by atoms with Crippen molar-refractivity contribution in [3.63, 3.8) is 0 Å². The van der Waals surface area contributed by atoms with E-state index in [1.54, 1.807) is 31.2 Å². The van der Waals surface area contributed by atoms with Gasteiger partial charge >= 0.3 is 0 Å². The van der Waals surface area contributed by atoms with E-state index in [2.05, 4.69) is 5.32 Å². The fourth-order valence-corrected chi connectivity index (χ4v) is 3.34. The quantitative estimate of drug-likeness (QED) is 0.592. The Morgan fingerprint density at radius 3 is 2.30 bits per heavy atom. The van der Waals surface area contributed by atoms with E-state index in [1.165, 1.54) is 4.90 Å². The lowest BCUT2D eigenvalue weighted by molar-refractivity contribution is -0.142. The van der Waals surface area contributed by atoms with Crippen LogP contribution in [-0.2, 0) is 16.1 Å². The number of halogens is 2. The maximum Gasteiger partial charge on any atom is 0.261 e. The first kappa shape index (κ1) is 24.0. The average Bonchev–Trinajstić information content (AvgIpc) is 2.69. The Kier molecular flexibility index (Phi) is 9.00. The highest BCUT2D eigenvalue weighted by atomic mass is 35.5. The predicted molar refractivity (Wildman–Crippen MR) is 121 cm³/mol. The first-order valence-electron chi connectivity index (χ1n) is 9.88. The van der Waals surface area contributed by atoms with Gasteiger partial charge in [0.2, 0.25) is 5.91 Å². The Bertz CT molecular complexity index is 866. The third-order valence-electron chi connectivity index (χ3n) is 4.59. The maximum atomic E-state index is 13.0. The summed E-state index contributed by atoms with van der Waals surface area (Å²) in [5.41, 5.74) is 1.62. The summed E-state index contributed by atoms with van der Waals surface area (Å²) in [6.45, 7) is 8.07. The molecular formula is C23H28Cl2N2O3. The smallest absolute Gasteiger partial charge is 0.261 e. The van der Waals surface area contributed by atoms with Crippen LogP contribution in [0.5, 0.6) is 5.75 Å². The maximum absolute atomic E-state index is 13.0. The number of hydrogen-bond donors (Lipinski definition) is 1. The molecule has 0 bridgehead atoms. The minimum Gasteiger partial charge on any atom is -0.484 e. The number of hydrogen-bond acceptors (Lipinski definition) is 3. The molecule has 2 amide bonds. The van der Waals surface area contributed by atoms with Crippen LogP contribution >= 0.6 is 23.2 Å². The Labute approximate surface area is 188 Å². The lowest BCUT2D eigenvalue weighted by Crippen LogP contribution is -2.49. The number of carbonyl (C=O) groups is 2. The number of aryl methyl sites for hydroxylation is 1.